The summed E-state index contributed by atoms with van der Waals surface area (Å²) in [7, 11) is 0. The van der Waals surface area contributed by atoms with Crippen molar-refractivity contribution in [1.29, 1.82) is 0 Å². The highest BCUT2D eigenvalue weighted by atomic mass is 16.1. The molecule has 0 unspecified atom stereocenters. The fourth-order valence-corrected chi connectivity index (χ4v) is 1.15. The number of hydrogen-bond donors (Lipinski definition) is 0. The molecule has 0 aliphatic rings. The number of rotatable bonds is 4. The maximum atomic E-state index is 10.7. The number of ketones is 2. The molecular formula is C14H14O2. The maximum Gasteiger partial charge on any atom is 0.152 e. The number of carbonyl (C=O) groups is 2. The van der Waals surface area contributed by atoms with Gasteiger partial charge in [-0.3, -0.25) is 9.59 Å². The molecule has 16 heavy (non-hydrogen) atoms. The van der Waals surface area contributed by atoms with Gasteiger partial charge < -0.3 is 0 Å². The lowest BCUT2D eigenvalue weighted by Gasteiger charge is -1.95. The van der Waals surface area contributed by atoms with Gasteiger partial charge in [0.2, 0.25) is 0 Å². The van der Waals surface area contributed by atoms with Gasteiger partial charge in [-0.25, -0.2) is 0 Å². The lowest BCUT2D eigenvalue weighted by molar-refractivity contribution is -0.113. The predicted molar refractivity (Wildman–Crippen MR) is 65.9 cm³/mol. The van der Waals surface area contributed by atoms with Crippen LogP contribution >= 0.6 is 0 Å². The van der Waals surface area contributed by atoms with E-state index in [0.29, 0.717) is 0 Å². The molecule has 0 heterocycles. The van der Waals surface area contributed by atoms with Gasteiger partial charge in [-0.15, -0.1) is 0 Å². The molecule has 0 bridgehead atoms. The topological polar surface area (TPSA) is 34.1 Å². The highest BCUT2D eigenvalue weighted by Gasteiger charge is 1.90. The van der Waals surface area contributed by atoms with Crippen LogP contribution in [0.3, 0.4) is 0 Å². The van der Waals surface area contributed by atoms with Crippen molar-refractivity contribution in [2.75, 3.05) is 0 Å². The zero-order chi connectivity index (χ0) is 12.0. The Balaban J connectivity index is 2.75. The van der Waals surface area contributed by atoms with E-state index in [1.165, 1.54) is 26.0 Å². The lowest BCUT2D eigenvalue weighted by Crippen LogP contribution is -1.82. The van der Waals surface area contributed by atoms with E-state index >= 15 is 0 Å². The highest BCUT2D eigenvalue weighted by molar-refractivity contribution is 5.92. The first-order chi connectivity index (χ1) is 7.58. The molecule has 0 radical (unpaired) electrons. The van der Waals surface area contributed by atoms with Gasteiger partial charge in [0.1, 0.15) is 0 Å². The molecular weight excluding hydrogens is 200 g/mol. The number of allylic oxidation sites excluding steroid dienone is 2. The van der Waals surface area contributed by atoms with Crippen molar-refractivity contribution in [3.05, 3.63) is 47.5 Å². The standard InChI is InChI=1S/C14H14O2/c1-11(15)3-5-13-7-9-14(10-8-13)6-4-12(2)16/h3-10H,1-2H3/b5-3+,6-4+. The van der Waals surface area contributed by atoms with Gasteiger partial charge >= 0.3 is 0 Å². The Bertz CT molecular complexity index is 393. The monoisotopic (exact) mass is 214 g/mol. The summed E-state index contributed by atoms with van der Waals surface area (Å²) in [6.07, 6.45) is 6.59. The highest BCUT2D eigenvalue weighted by Crippen LogP contribution is 2.07. The van der Waals surface area contributed by atoms with Crippen LogP contribution in [-0.2, 0) is 9.59 Å². The minimum absolute atomic E-state index is 0.0283. The lowest BCUT2D eigenvalue weighted by atomic mass is 10.1. The normalized spacial score (nSPS) is 11.1. The largest absolute Gasteiger partial charge is 0.295 e. The van der Waals surface area contributed by atoms with Gasteiger partial charge in [-0.05, 0) is 37.1 Å². The molecule has 0 fully saturated rings. The first-order valence-corrected chi connectivity index (χ1v) is 5.05. The summed E-state index contributed by atoms with van der Waals surface area (Å²) >= 11 is 0. The van der Waals surface area contributed by atoms with Gasteiger partial charge in [0, 0.05) is 0 Å². The van der Waals surface area contributed by atoms with Gasteiger partial charge in [-0.1, -0.05) is 36.4 Å². The molecule has 2 nitrogen and oxygen atoms in total. The Morgan fingerprint density at radius 2 is 1.12 bits per heavy atom. The molecule has 0 saturated heterocycles. The minimum Gasteiger partial charge on any atom is -0.295 e. The molecule has 2 heteroatoms. The quantitative estimate of drug-likeness (QED) is 0.722. The van der Waals surface area contributed by atoms with E-state index in [2.05, 4.69) is 0 Å². The third-order valence-corrected chi connectivity index (χ3v) is 1.96. The van der Waals surface area contributed by atoms with Crippen LogP contribution in [0.1, 0.15) is 25.0 Å². The van der Waals surface area contributed by atoms with Crippen LogP contribution in [0, 0.1) is 0 Å². The van der Waals surface area contributed by atoms with E-state index in [0.717, 1.165) is 11.1 Å². The second-order valence-corrected chi connectivity index (χ2v) is 3.55. The van der Waals surface area contributed by atoms with Crippen LogP contribution in [0.2, 0.25) is 0 Å². The van der Waals surface area contributed by atoms with Gasteiger partial charge in [-0.2, -0.15) is 0 Å². The van der Waals surface area contributed by atoms with E-state index in [-0.39, 0.29) is 11.6 Å². The molecule has 1 rings (SSSR count). The summed E-state index contributed by atoms with van der Waals surface area (Å²) < 4.78 is 0. The van der Waals surface area contributed by atoms with E-state index in [4.69, 9.17) is 0 Å². The molecule has 0 aliphatic carbocycles. The van der Waals surface area contributed by atoms with Crippen molar-refractivity contribution in [2.45, 2.75) is 13.8 Å². The molecule has 0 aliphatic heterocycles. The Hall–Kier alpha value is -1.96. The predicted octanol–water partition coefficient (Wildman–Crippen LogP) is 2.89. The molecule has 82 valence electrons. The third-order valence-electron chi connectivity index (χ3n) is 1.96. The van der Waals surface area contributed by atoms with E-state index in [1.807, 2.05) is 24.3 Å². The van der Waals surface area contributed by atoms with Gasteiger partial charge in [0.15, 0.2) is 11.6 Å². The summed E-state index contributed by atoms with van der Waals surface area (Å²) in [5.74, 6) is 0.0566. The molecule has 1 aromatic carbocycles. The van der Waals surface area contributed by atoms with Crippen molar-refractivity contribution in [3.8, 4) is 0 Å². The van der Waals surface area contributed by atoms with Crippen LogP contribution in [0.15, 0.2) is 36.4 Å². The Kier molecular flexibility index (Phi) is 4.40. The van der Waals surface area contributed by atoms with E-state index in [9.17, 15) is 9.59 Å². The molecule has 0 amide bonds. The fraction of sp³-hybridized carbons (Fsp3) is 0.143. The van der Waals surface area contributed by atoms with Crippen LogP contribution in [-0.4, -0.2) is 11.6 Å². The second-order valence-electron chi connectivity index (χ2n) is 3.55. The first kappa shape index (κ1) is 12.1. The molecule has 0 atom stereocenters. The molecule has 0 N–H and O–H groups in total. The van der Waals surface area contributed by atoms with Crippen molar-refractivity contribution >= 4 is 23.7 Å². The maximum absolute atomic E-state index is 10.7. The number of carbonyl (C=O) groups excluding carboxylic acids is 2. The van der Waals surface area contributed by atoms with Gasteiger partial charge in [0.05, 0.1) is 0 Å². The van der Waals surface area contributed by atoms with Crippen LogP contribution in [0.25, 0.3) is 12.2 Å². The fourth-order valence-electron chi connectivity index (χ4n) is 1.15. The van der Waals surface area contributed by atoms with Gasteiger partial charge in [0.25, 0.3) is 0 Å². The SMILES string of the molecule is CC(=O)/C=C/c1ccc(/C=C/C(C)=O)cc1. The van der Waals surface area contributed by atoms with Crippen molar-refractivity contribution in [3.63, 3.8) is 0 Å². The van der Waals surface area contributed by atoms with E-state index < -0.39 is 0 Å². The van der Waals surface area contributed by atoms with Crippen LogP contribution in [0.4, 0.5) is 0 Å². The van der Waals surface area contributed by atoms with E-state index in [1.54, 1.807) is 12.2 Å². The molecule has 0 spiro atoms. The Morgan fingerprint density at radius 1 is 0.812 bits per heavy atom. The second kappa shape index (κ2) is 5.81. The Morgan fingerprint density at radius 3 is 1.38 bits per heavy atom. The van der Waals surface area contributed by atoms with Crippen LogP contribution in [0.5, 0.6) is 0 Å². The van der Waals surface area contributed by atoms with Crippen LogP contribution < -0.4 is 0 Å². The smallest absolute Gasteiger partial charge is 0.152 e. The summed E-state index contributed by atoms with van der Waals surface area (Å²) in [4.78, 5) is 21.5. The van der Waals surface area contributed by atoms with Crippen molar-refractivity contribution in [2.24, 2.45) is 0 Å². The third kappa shape index (κ3) is 4.51. The summed E-state index contributed by atoms with van der Waals surface area (Å²) in [5, 5.41) is 0. The van der Waals surface area contributed by atoms with Crippen molar-refractivity contribution < 1.29 is 9.59 Å². The summed E-state index contributed by atoms with van der Waals surface area (Å²) in [6, 6.07) is 7.61. The molecule has 0 saturated carbocycles. The number of hydrogen-bond acceptors (Lipinski definition) is 2. The average Bonchev–Trinajstić information content (AvgIpc) is 2.25. The zero-order valence-electron chi connectivity index (χ0n) is 9.44. The van der Waals surface area contributed by atoms with Crippen molar-refractivity contribution in [1.82, 2.24) is 0 Å². The zero-order valence-corrected chi connectivity index (χ0v) is 9.44. The minimum atomic E-state index is 0.0283. The first-order valence-electron chi connectivity index (χ1n) is 5.05. The average molecular weight is 214 g/mol. The summed E-state index contributed by atoms with van der Waals surface area (Å²) in [5.41, 5.74) is 1.94. The molecule has 0 aromatic heterocycles. The summed E-state index contributed by atoms with van der Waals surface area (Å²) in [6.45, 7) is 3.03. The molecule has 1 aromatic rings. The Labute approximate surface area is 95.3 Å². The number of benzene rings is 1.